The lowest BCUT2D eigenvalue weighted by molar-refractivity contribution is -0.135. The van der Waals surface area contributed by atoms with Crippen LogP contribution in [0.4, 0.5) is 5.82 Å². The molecule has 0 saturated heterocycles. The SMILES string of the molecule is CCC(C)N(CC(=O)O)c1cc(=O)[nH]cn1. The first-order chi connectivity index (χ1) is 7.54. The molecule has 0 aliphatic rings. The van der Waals surface area contributed by atoms with Crippen molar-refractivity contribution >= 4 is 11.8 Å². The number of carboxylic acid groups (broad SMARTS) is 1. The van der Waals surface area contributed by atoms with E-state index >= 15 is 0 Å². The van der Waals surface area contributed by atoms with Crippen molar-refractivity contribution in [3.8, 4) is 0 Å². The summed E-state index contributed by atoms with van der Waals surface area (Å²) in [4.78, 5) is 29.8. The number of nitrogens with one attached hydrogen (secondary N) is 1. The number of carbonyl (C=O) groups is 1. The van der Waals surface area contributed by atoms with Crippen molar-refractivity contribution in [2.45, 2.75) is 26.3 Å². The summed E-state index contributed by atoms with van der Waals surface area (Å²) in [7, 11) is 0. The van der Waals surface area contributed by atoms with Gasteiger partial charge in [-0.2, -0.15) is 0 Å². The Morgan fingerprint density at radius 1 is 1.69 bits per heavy atom. The molecule has 0 spiro atoms. The summed E-state index contributed by atoms with van der Waals surface area (Å²) in [6.07, 6.45) is 2.05. The Hall–Kier alpha value is -1.85. The first-order valence-corrected chi connectivity index (χ1v) is 5.07. The van der Waals surface area contributed by atoms with Crippen LogP contribution < -0.4 is 10.5 Å². The maximum atomic E-state index is 11.1. The lowest BCUT2D eigenvalue weighted by Crippen LogP contribution is -2.38. The van der Waals surface area contributed by atoms with Crippen LogP contribution in [-0.4, -0.2) is 33.6 Å². The molecule has 0 aromatic carbocycles. The first kappa shape index (κ1) is 12.2. The quantitative estimate of drug-likeness (QED) is 0.760. The highest BCUT2D eigenvalue weighted by Crippen LogP contribution is 2.12. The second-order valence-corrected chi connectivity index (χ2v) is 3.55. The van der Waals surface area contributed by atoms with Gasteiger partial charge in [0.05, 0.1) is 6.33 Å². The van der Waals surface area contributed by atoms with Gasteiger partial charge in [-0.25, -0.2) is 4.98 Å². The summed E-state index contributed by atoms with van der Waals surface area (Å²) in [5, 5.41) is 8.80. The number of hydrogen-bond acceptors (Lipinski definition) is 4. The molecular weight excluding hydrogens is 210 g/mol. The van der Waals surface area contributed by atoms with E-state index in [0.29, 0.717) is 5.82 Å². The predicted octanol–water partition coefficient (Wildman–Crippen LogP) is 0.459. The Balaban J connectivity index is 3.00. The number of H-pyrrole nitrogens is 1. The molecule has 0 aliphatic heterocycles. The van der Waals surface area contributed by atoms with Crippen LogP contribution in [0.3, 0.4) is 0 Å². The average molecular weight is 225 g/mol. The molecule has 1 aromatic heterocycles. The zero-order valence-corrected chi connectivity index (χ0v) is 9.30. The molecule has 0 fully saturated rings. The zero-order chi connectivity index (χ0) is 12.1. The van der Waals surface area contributed by atoms with Gasteiger partial charge in [0, 0.05) is 12.1 Å². The molecule has 6 nitrogen and oxygen atoms in total. The first-order valence-electron chi connectivity index (χ1n) is 5.07. The van der Waals surface area contributed by atoms with Gasteiger partial charge in [-0.15, -0.1) is 0 Å². The van der Waals surface area contributed by atoms with E-state index in [9.17, 15) is 9.59 Å². The van der Waals surface area contributed by atoms with E-state index in [4.69, 9.17) is 5.11 Å². The fourth-order valence-electron chi connectivity index (χ4n) is 1.34. The van der Waals surface area contributed by atoms with Gasteiger partial charge in [-0.1, -0.05) is 6.92 Å². The number of aliphatic carboxylic acids is 1. The van der Waals surface area contributed by atoms with Crippen LogP contribution in [0.25, 0.3) is 0 Å². The highest BCUT2D eigenvalue weighted by Gasteiger charge is 2.17. The summed E-state index contributed by atoms with van der Waals surface area (Å²) >= 11 is 0. The monoisotopic (exact) mass is 225 g/mol. The topological polar surface area (TPSA) is 86.3 Å². The summed E-state index contributed by atoms with van der Waals surface area (Å²) in [5.41, 5.74) is -0.288. The van der Waals surface area contributed by atoms with E-state index in [1.54, 1.807) is 4.90 Å². The van der Waals surface area contributed by atoms with Crippen LogP contribution in [0.5, 0.6) is 0 Å². The van der Waals surface area contributed by atoms with Crippen LogP contribution in [-0.2, 0) is 4.79 Å². The minimum absolute atomic E-state index is 0.0189. The lowest BCUT2D eigenvalue weighted by Gasteiger charge is -2.27. The third-order valence-corrected chi connectivity index (χ3v) is 2.39. The lowest BCUT2D eigenvalue weighted by atomic mass is 10.2. The fourth-order valence-corrected chi connectivity index (χ4v) is 1.34. The normalized spacial score (nSPS) is 12.1. The zero-order valence-electron chi connectivity index (χ0n) is 9.30. The molecule has 0 radical (unpaired) electrons. The van der Waals surface area contributed by atoms with Gasteiger partial charge in [0.1, 0.15) is 12.4 Å². The van der Waals surface area contributed by atoms with Crippen molar-refractivity contribution in [1.29, 1.82) is 0 Å². The predicted molar refractivity (Wildman–Crippen MR) is 59.6 cm³/mol. The molecular formula is C10H15N3O3. The second-order valence-electron chi connectivity index (χ2n) is 3.55. The third kappa shape index (κ3) is 3.08. The van der Waals surface area contributed by atoms with Gasteiger partial charge in [-0.3, -0.25) is 9.59 Å². The molecule has 1 unspecified atom stereocenters. The van der Waals surface area contributed by atoms with Gasteiger partial charge in [0.25, 0.3) is 5.56 Å². The van der Waals surface area contributed by atoms with Crippen molar-refractivity contribution in [1.82, 2.24) is 9.97 Å². The average Bonchev–Trinajstić information content (AvgIpc) is 2.24. The summed E-state index contributed by atoms with van der Waals surface area (Å²) in [5.74, 6) is -0.553. The van der Waals surface area contributed by atoms with E-state index in [-0.39, 0.29) is 18.1 Å². The number of anilines is 1. The fraction of sp³-hybridized carbons (Fsp3) is 0.500. The molecule has 0 saturated carbocycles. The Morgan fingerprint density at radius 3 is 2.88 bits per heavy atom. The summed E-state index contributed by atoms with van der Waals surface area (Å²) in [6.45, 7) is 3.68. The van der Waals surface area contributed by atoms with Crippen molar-refractivity contribution in [2.24, 2.45) is 0 Å². The van der Waals surface area contributed by atoms with Crippen LogP contribution in [0.2, 0.25) is 0 Å². The van der Waals surface area contributed by atoms with E-state index in [2.05, 4.69) is 9.97 Å². The van der Waals surface area contributed by atoms with E-state index < -0.39 is 5.97 Å². The van der Waals surface area contributed by atoms with Crippen LogP contribution >= 0.6 is 0 Å². The molecule has 16 heavy (non-hydrogen) atoms. The van der Waals surface area contributed by atoms with Gasteiger partial charge < -0.3 is 15.0 Å². The van der Waals surface area contributed by atoms with Crippen molar-refractivity contribution in [2.75, 3.05) is 11.4 Å². The van der Waals surface area contributed by atoms with Gasteiger partial charge in [0.2, 0.25) is 0 Å². The molecule has 1 aromatic rings. The van der Waals surface area contributed by atoms with E-state index in [0.717, 1.165) is 6.42 Å². The molecule has 1 atom stereocenters. The highest BCUT2D eigenvalue weighted by molar-refractivity contribution is 5.73. The minimum Gasteiger partial charge on any atom is -0.480 e. The maximum Gasteiger partial charge on any atom is 0.323 e. The number of hydrogen-bond donors (Lipinski definition) is 2. The summed E-state index contributed by atoms with van der Waals surface area (Å²) < 4.78 is 0. The maximum absolute atomic E-state index is 11.1. The number of aromatic amines is 1. The van der Waals surface area contributed by atoms with Gasteiger partial charge >= 0.3 is 5.97 Å². The molecule has 2 N–H and O–H groups in total. The van der Waals surface area contributed by atoms with Crippen LogP contribution in [0, 0.1) is 0 Å². The Bertz CT molecular complexity index is 416. The second kappa shape index (κ2) is 5.29. The number of carboxylic acids is 1. The minimum atomic E-state index is -0.942. The number of rotatable bonds is 5. The number of nitrogens with zero attached hydrogens (tertiary/aromatic N) is 2. The van der Waals surface area contributed by atoms with Crippen molar-refractivity contribution < 1.29 is 9.90 Å². The van der Waals surface area contributed by atoms with Crippen molar-refractivity contribution in [3.05, 3.63) is 22.7 Å². The smallest absolute Gasteiger partial charge is 0.323 e. The Labute approximate surface area is 92.9 Å². The van der Waals surface area contributed by atoms with Crippen LogP contribution in [0.15, 0.2) is 17.2 Å². The molecule has 6 heteroatoms. The van der Waals surface area contributed by atoms with Crippen molar-refractivity contribution in [3.63, 3.8) is 0 Å². The van der Waals surface area contributed by atoms with E-state index in [1.807, 2.05) is 13.8 Å². The molecule has 1 rings (SSSR count). The van der Waals surface area contributed by atoms with Crippen LogP contribution in [0.1, 0.15) is 20.3 Å². The molecule has 0 aliphatic carbocycles. The standard InChI is InChI=1S/C10H15N3O3/c1-3-7(2)13(5-10(15)16)8-4-9(14)12-6-11-8/h4,6-7H,3,5H2,1-2H3,(H,15,16)(H,11,12,14). The largest absolute Gasteiger partial charge is 0.480 e. The van der Waals surface area contributed by atoms with E-state index in [1.165, 1.54) is 12.4 Å². The Kier molecular flexibility index (Phi) is 4.04. The molecule has 1 heterocycles. The Morgan fingerprint density at radius 2 is 2.38 bits per heavy atom. The highest BCUT2D eigenvalue weighted by atomic mass is 16.4. The third-order valence-electron chi connectivity index (χ3n) is 2.39. The number of aromatic nitrogens is 2. The van der Waals surface area contributed by atoms with Gasteiger partial charge in [-0.05, 0) is 13.3 Å². The molecule has 0 amide bonds. The molecule has 0 bridgehead atoms. The molecule has 88 valence electrons. The summed E-state index contributed by atoms with van der Waals surface area (Å²) in [6, 6.07) is 1.32. The van der Waals surface area contributed by atoms with Gasteiger partial charge in [0.15, 0.2) is 0 Å².